The van der Waals surface area contributed by atoms with Crippen LogP contribution in [-0.2, 0) is 0 Å². The Balaban J connectivity index is 2.36. The average molecular weight is 274 g/mol. The summed E-state index contributed by atoms with van der Waals surface area (Å²) in [6, 6.07) is 16.1. The molecule has 1 aromatic heterocycles. The van der Waals surface area contributed by atoms with Crippen LogP contribution in [-0.4, -0.2) is 0 Å². The molecule has 0 amide bonds. The van der Waals surface area contributed by atoms with Gasteiger partial charge in [-0.15, -0.1) is 0 Å². The molecule has 0 fully saturated rings. The van der Waals surface area contributed by atoms with Gasteiger partial charge < -0.3 is 9.73 Å². The van der Waals surface area contributed by atoms with E-state index in [1.165, 1.54) is 0 Å². The van der Waals surface area contributed by atoms with Crippen LogP contribution in [0.3, 0.4) is 0 Å². The van der Waals surface area contributed by atoms with Crippen LogP contribution in [0.15, 0.2) is 52.1 Å². The smallest absolute Gasteiger partial charge is 0.163 e. The number of rotatable bonds is 3. The molecule has 2 aromatic rings. The minimum Gasteiger partial charge on any atom is -0.461 e. The van der Waals surface area contributed by atoms with Gasteiger partial charge in [-0.3, -0.25) is 0 Å². The summed E-state index contributed by atoms with van der Waals surface area (Å²) in [7, 11) is 0. The summed E-state index contributed by atoms with van der Waals surface area (Å²) in [6.45, 7) is 1.86. The number of nitrogens with zero attached hydrogens (tertiary/aromatic N) is 3. The van der Waals surface area contributed by atoms with Gasteiger partial charge in [0.25, 0.3) is 0 Å². The van der Waals surface area contributed by atoms with Gasteiger partial charge >= 0.3 is 0 Å². The van der Waals surface area contributed by atoms with Gasteiger partial charge in [0.1, 0.15) is 35.4 Å². The second-order valence-corrected chi connectivity index (χ2v) is 4.20. The maximum absolute atomic E-state index is 9.02. The molecule has 0 aliphatic rings. The summed E-state index contributed by atoms with van der Waals surface area (Å²) in [5, 5.41) is 29.4. The van der Waals surface area contributed by atoms with Crippen molar-refractivity contribution in [2.75, 3.05) is 5.32 Å². The highest BCUT2D eigenvalue weighted by Crippen LogP contribution is 2.25. The molecule has 5 heteroatoms. The number of anilines is 1. The van der Waals surface area contributed by atoms with Crippen molar-refractivity contribution < 1.29 is 4.42 Å². The molecule has 0 spiro atoms. The van der Waals surface area contributed by atoms with Gasteiger partial charge in [0.15, 0.2) is 5.57 Å². The third-order valence-corrected chi connectivity index (χ3v) is 2.74. The Hall–Kier alpha value is -3.49. The molecule has 0 unspecified atom stereocenters. The van der Waals surface area contributed by atoms with Crippen molar-refractivity contribution in [1.82, 2.24) is 0 Å². The van der Waals surface area contributed by atoms with Crippen LogP contribution < -0.4 is 5.32 Å². The summed E-state index contributed by atoms with van der Waals surface area (Å²) in [5.41, 5.74) is 1.10. The largest absolute Gasteiger partial charge is 0.461 e. The first-order chi connectivity index (χ1) is 10.2. The first-order valence-corrected chi connectivity index (χ1v) is 6.06. The van der Waals surface area contributed by atoms with Gasteiger partial charge in [-0.2, -0.15) is 15.8 Å². The van der Waals surface area contributed by atoms with Crippen molar-refractivity contribution in [3.8, 4) is 29.5 Å². The van der Waals surface area contributed by atoms with E-state index in [1.54, 1.807) is 30.3 Å². The SMILES string of the molecule is Cc1ccc(-c2cccc(NC(C#N)=C(C#N)C#N)c2)o1. The number of nitrogens with one attached hydrogen (secondary N) is 1. The van der Waals surface area contributed by atoms with Gasteiger partial charge in [-0.1, -0.05) is 12.1 Å². The molecule has 5 nitrogen and oxygen atoms in total. The quantitative estimate of drug-likeness (QED) is 0.864. The average Bonchev–Trinajstić information content (AvgIpc) is 2.94. The third kappa shape index (κ3) is 3.10. The van der Waals surface area contributed by atoms with Gasteiger partial charge in [0.2, 0.25) is 0 Å². The Kier molecular flexibility index (Phi) is 4.05. The Morgan fingerprint density at radius 2 is 1.81 bits per heavy atom. The number of allylic oxidation sites excluding steroid dienone is 2. The minimum atomic E-state index is -0.253. The Morgan fingerprint density at radius 3 is 2.38 bits per heavy atom. The van der Waals surface area contributed by atoms with Crippen LogP contribution in [0, 0.1) is 40.9 Å². The lowest BCUT2D eigenvalue weighted by atomic mass is 10.1. The van der Waals surface area contributed by atoms with Gasteiger partial charge in [-0.05, 0) is 31.2 Å². The summed E-state index contributed by atoms with van der Waals surface area (Å²) in [5.74, 6) is 1.51. The number of hydrogen-bond donors (Lipinski definition) is 1. The molecular formula is C16H10N4O. The third-order valence-electron chi connectivity index (χ3n) is 2.74. The highest BCUT2D eigenvalue weighted by molar-refractivity contribution is 5.67. The molecule has 1 aromatic carbocycles. The van der Waals surface area contributed by atoms with Crippen molar-refractivity contribution in [3.63, 3.8) is 0 Å². The van der Waals surface area contributed by atoms with E-state index in [-0.39, 0.29) is 11.3 Å². The predicted octanol–water partition coefficient (Wildman–Crippen LogP) is 3.49. The van der Waals surface area contributed by atoms with Crippen molar-refractivity contribution in [2.24, 2.45) is 0 Å². The molecule has 0 aliphatic heterocycles. The van der Waals surface area contributed by atoms with Gasteiger partial charge in [-0.25, -0.2) is 0 Å². The molecular weight excluding hydrogens is 264 g/mol. The number of hydrogen-bond acceptors (Lipinski definition) is 5. The molecule has 21 heavy (non-hydrogen) atoms. The Labute approximate surface area is 122 Å². The minimum absolute atomic E-state index is 0.0761. The first kappa shape index (κ1) is 13.9. The number of nitriles is 3. The van der Waals surface area contributed by atoms with E-state index >= 15 is 0 Å². The number of furan rings is 1. The summed E-state index contributed by atoms with van der Waals surface area (Å²) in [4.78, 5) is 0. The highest BCUT2D eigenvalue weighted by Gasteiger charge is 2.08. The molecule has 0 aliphatic carbocycles. The second-order valence-electron chi connectivity index (χ2n) is 4.20. The zero-order valence-electron chi connectivity index (χ0n) is 11.2. The summed E-state index contributed by atoms with van der Waals surface area (Å²) in [6.07, 6.45) is 0. The van der Waals surface area contributed by atoms with Crippen molar-refractivity contribution in [3.05, 3.63) is 53.4 Å². The van der Waals surface area contributed by atoms with E-state index < -0.39 is 0 Å². The highest BCUT2D eigenvalue weighted by atomic mass is 16.3. The van der Waals surface area contributed by atoms with Crippen LogP contribution in [0.1, 0.15) is 5.76 Å². The first-order valence-electron chi connectivity index (χ1n) is 6.06. The molecule has 1 N–H and O–H groups in total. The molecule has 100 valence electrons. The molecule has 0 radical (unpaired) electrons. The summed E-state index contributed by atoms with van der Waals surface area (Å²) < 4.78 is 5.54. The zero-order valence-corrected chi connectivity index (χ0v) is 11.2. The molecule has 1 heterocycles. The molecule has 0 bridgehead atoms. The molecule has 0 saturated heterocycles. The van der Waals surface area contributed by atoms with Gasteiger partial charge in [0.05, 0.1) is 0 Å². The lowest BCUT2D eigenvalue weighted by Gasteiger charge is -2.06. The van der Waals surface area contributed by atoms with Crippen LogP contribution in [0.2, 0.25) is 0 Å². The fraction of sp³-hybridized carbons (Fsp3) is 0.0625. The van der Waals surface area contributed by atoms with Crippen LogP contribution in [0.4, 0.5) is 5.69 Å². The number of benzene rings is 1. The lowest BCUT2D eigenvalue weighted by molar-refractivity contribution is 0.548. The topological polar surface area (TPSA) is 96.5 Å². The van der Waals surface area contributed by atoms with E-state index in [9.17, 15) is 0 Å². The monoisotopic (exact) mass is 274 g/mol. The predicted molar refractivity (Wildman–Crippen MR) is 76.4 cm³/mol. The second kappa shape index (κ2) is 6.10. The Morgan fingerprint density at radius 1 is 1.05 bits per heavy atom. The fourth-order valence-electron chi connectivity index (χ4n) is 1.77. The molecule has 2 rings (SSSR count). The fourth-order valence-corrected chi connectivity index (χ4v) is 1.77. The van der Waals surface area contributed by atoms with E-state index in [1.807, 2.05) is 31.2 Å². The van der Waals surface area contributed by atoms with Crippen molar-refractivity contribution in [1.29, 1.82) is 15.8 Å². The zero-order chi connectivity index (χ0) is 15.2. The van der Waals surface area contributed by atoms with Gasteiger partial charge in [0, 0.05) is 11.3 Å². The van der Waals surface area contributed by atoms with E-state index in [2.05, 4.69) is 5.32 Å². The maximum atomic E-state index is 9.02. The standard InChI is InChI=1S/C16H10N4O/c1-11-5-6-16(21-11)12-3-2-4-14(7-12)20-15(10-19)13(8-17)9-18/h2-7,20H,1H3. The van der Waals surface area contributed by atoms with Crippen LogP contribution in [0.5, 0.6) is 0 Å². The summed E-state index contributed by atoms with van der Waals surface area (Å²) >= 11 is 0. The number of aryl methyl sites for hydroxylation is 1. The van der Waals surface area contributed by atoms with E-state index in [4.69, 9.17) is 20.2 Å². The van der Waals surface area contributed by atoms with Crippen molar-refractivity contribution >= 4 is 5.69 Å². The van der Waals surface area contributed by atoms with E-state index in [0.717, 1.165) is 11.3 Å². The Bertz CT molecular complexity index is 809. The van der Waals surface area contributed by atoms with E-state index in [0.29, 0.717) is 11.4 Å². The molecule has 0 atom stereocenters. The maximum Gasteiger partial charge on any atom is 0.163 e. The molecule has 0 saturated carbocycles. The van der Waals surface area contributed by atoms with Crippen LogP contribution in [0.25, 0.3) is 11.3 Å². The normalized spacial score (nSPS) is 9.05. The van der Waals surface area contributed by atoms with Crippen LogP contribution >= 0.6 is 0 Å². The lowest BCUT2D eigenvalue weighted by Crippen LogP contribution is -2.00. The van der Waals surface area contributed by atoms with Crippen molar-refractivity contribution in [2.45, 2.75) is 6.92 Å².